The van der Waals surface area contributed by atoms with Crippen LogP contribution in [0.2, 0.25) is 0 Å². The molecule has 0 bridgehead atoms. The topological polar surface area (TPSA) is 71.5 Å². The fraction of sp³-hybridized carbons (Fsp3) is 0.533. The Labute approximate surface area is 124 Å². The molecule has 1 unspecified atom stereocenters. The van der Waals surface area contributed by atoms with E-state index in [9.17, 15) is 9.59 Å². The van der Waals surface area contributed by atoms with Gasteiger partial charge in [-0.15, -0.1) is 0 Å². The average Bonchev–Trinajstić information content (AvgIpc) is 2.62. The van der Waals surface area contributed by atoms with Gasteiger partial charge in [-0.05, 0) is 12.5 Å². The summed E-state index contributed by atoms with van der Waals surface area (Å²) in [5.41, 5.74) is 0.757. The smallest absolute Gasteiger partial charge is 0.245 e. The number of carbonyl (C=O) groups excluding carboxylic acids is 2. The fourth-order valence-corrected chi connectivity index (χ4v) is 2.39. The fourth-order valence-electron chi connectivity index (χ4n) is 2.39. The summed E-state index contributed by atoms with van der Waals surface area (Å²) in [5, 5.41) is 2.79. The van der Waals surface area contributed by atoms with Gasteiger partial charge in [-0.25, -0.2) is 4.98 Å². The predicted molar refractivity (Wildman–Crippen MR) is 77.7 cm³/mol. The van der Waals surface area contributed by atoms with E-state index in [0.29, 0.717) is 31.8 Å². The number of aromatic nitrogens is 1. The van der Waals surface area contributed by atoms with E-state index in [1.54, 1.807) is 18.1 Å². The van der Waals surface area contributed by atoms with Gasteiger partial charge in [-0.2, -0.15) is 0 Å². The summed E-state index contributed by atoms with van der Waals surface area (Å²) in [6.07, 6.45) is 1.84. The molecule has 6 heteroatoms. The Hall–Kier alpha value is -2.11. The molecule has 0 saturated carbocycles. The van der Waals surface area contributed by atoms with Crippen LogP contribution in [0.4, 0.5) is 0 Å². The number of nitrogens with one attached hydrogen (secondary N) is 1. The molecule has 114 valence electrons. The Morgan fingerprint density at radius 1 is 1.43 bits per heavy atom. The van der Waals surface area contributed by atoms with Gasteiger partial charge in [0.1, 0.15) is 6.04 Å². The molecule has 0 radical (unpaired) electrons. The van der Waals surface area contributed by atoms with Crippen LogP contribution in [0.15, 0.2) is 18.2 Å². The summed E-state index contributed by atoms with van der Waals surface area (Å²) in [5.74, 6) is 0.421. The second kappa shape index (κ2) is 7.06. The molecule has 0 aromatic carbocycles. The molecule has 6 nitrogen and oxygen atoms in total. The van der Waals surface area contributed by atoms with E-state index < -0.39 is 6.04 Å². The highest BCUT2D eigenvalue weighted by Crippen LogP contribution is 2.13. The quantitative estimate of drug-likeness (QED) is 0.882. The van der Waals surface area contributed by atoms with Gasteiger partial charge in [0.15, 0.2) is 0 Å². The molecular formula is C15H21N3O3. The molecular weight excluding hydrogens is 270 g/mol. The molecule has 1 aliphatic heterocycles. The summed E-state index contributed by atoms with van der Waals surface area (Å²) in [4.78, 5) is 30.2. The van der Waals surface area contributed by atoms with Crippen LogP contribution in [-0.4, -0.2) is 41.4 Å². The van der Waals surface area contributed by atoms with Crippen LogP contribution < -0.4 is 10.1 Å². The molecule has 1 aromatic heterocycles. The predicted octanol–water partition coefficient (Wildman–Crippen LogP) is 1.11. The van der Waals surface area contributed by atoms with Gasteiger partial charge < -0.3 is 15.0 Å². The van der Waals surface area contributed by atoms with Crippen LogP contribution in [0, 0.1) is 0 Å². The van der Waals surface area contributed by atoms with Crippen LogP contribution in [0.5, 0.6) is 5.88 Å². The van der Waals surface area contributed by atoms with Crippen molar-refractivity contribution in [3.63, 3.8) is 0 Å². The highest BCUT2D eigenvalue weighted by Gasteiger charge is 2.29. The summed E-state index contributed by atoms with van der Waals surface area (Å²) >= 11 is 0. The Bertz CT molecular complexity index is 519. The Balaban J connectivity index is 2.12. The molecule has 1 N–H and O–H groups in total. The monoisotopic (exact) mass is 291 g/mol. The van der Waals surface area contributed by atoms with E-state index >= 15 is 0 Å². The molecule has 2 heterocycles. The van der Waals surface area contributed by atoms with Gasteiger partial charge in [0.2, 0.25) is 17.7 Å². The molecule has 1 atom stereocenters. The number of pyridine rings is 1. The van der Waals surface area contributed by atoms with E-state index in [1.165, 1.54) is 0 Å². The second-order valence-electron chi connectivity index (χ2n) is 5.09. The normalized spacial score (nSPS) is 19.1. The van der Waals surface area contributed by atoms with Crippen molar-refractivity contribution in [1.82, 2.24) is 15.2 Å². The molecule has 1 fully saturated rings. The van der Waals surface area contributed by atoms with Gasteiger partial charge in [0, 0.05) is 19.0 Å². The molecule has 0 aliphatic carbocycles. The first-order chi connectivity index (χ1) is 10.1. The van der Waals surface area contributed by atoms with E-state index in [-0.39, 0.29) is 11.8 Å². The number of amides is 2. The number of ether oxygens (including phenoxy) is 1. The standard InChI is InChI=1S/C15H21N3O3/c1-3-5-12-15(20)18(9-8-13(19)17-12)10-11-6-4-7-14(16-11)21-2/h4,6-7,12H,3,5,8-10H2,1-2H3,(H,17,19). The number of nitrogens with zero attached hydrogens (tertiary/aromatic N) is 2. The molecule has 1 saturated heterocycles. The Morgan fingerprint density at radius 2 is 2.24 bits per heavy atom. The molecule has 1 aromatic rings. The van der Waals surface area contributed by atoms with Gasteiger partial charge >= 0.3 is 0 Å². The minimum atomic E-state index is -0.421. The lowest BCUT2D eigenvalue weighted by Gasteiger charge is -2.23. The van der Waals surface area contributed by atoms with Crippen molar-refractivity contribution in [2.75, 3.05) is 13.7 Å². The van der Waals surface area contributed by atoms with Crippen molar-refractivity contribution in [3.8, 4) is 5.88 Å². The molecule has 1 aliphatic rings. The zero-order valence-electron chi connectivity index (χ0n) is 12.5. The summed E-state index contributed by atoms with van der Waals surface area (Å²) in [7, 11) is 1.56. The highest BCUT2D eigenvalue weighted by molar-refractivity contribution is 5.89. The first-order valence-corrected chi connectivity index (χ1v) is 7.22. The van der Waals surface area contributed by atoms with Gasteiger partial charge in [0.05, 0.1) is 19.3 Å². The van der Waals surface area contributed by atoms with Crippen molar-refractivity contribution < 1.29 is 14.3 Å². The SMILES string of the molecule is CCCC1NC(=O)CCN(Cc2cccc(OC)n2)C1=O. The Morgan fingerprint density at radius 3 is 2.95 bits per heavy atom. The third-order valence-electron chi connectivity index (χ3n) is 3.47. The number of hydrogen-bond donors (Lipinski definition) is 1. The summed E-state index contributed by atoms with van der Waals surface area (Å²) in [6.45, 7) is 2.81. The molecule has 0 spiro atoms. The third kappa shape index (κ3) is 3.93. The van der Waals surface area contributed by atoms with Gasteiger partial charge in [-0.3, -0.25) is 9.59 Å². The largest absolute Gasteiger partial charge is 0.481 e. The van der Waals surface area contributed by atoms with Crippen LogP contribution >= 0.6 is 0 Å². The highest BCUT2D eigenvalue weighted by atomic mass is 16.5. The maximum atomic E-state index is 12.5. The minimum absolute atomic E-state index is 0.0349. The van der Waals surface area contributed by atoms with E-state index in [1.807, 2.05) is 19.1 Å². The zero-order valence-corrected chi connectivity index (χ0v) is 12.5. The second-order valence-corrected chi connectivity index (χ2v) is 5.09. The lowest BCUT2D eigenvalue weighted by atomic mass is 10.1. The average molecular weight is 291 g/mol. The maximum Gasteiger partial charge on any atom is 0.245 e. The molecule has 21 heavy (non-hydrogen) atoms. The first-order valence-electron chi connectivity index (χ1n) is 7.22. The first kappa shape index (κ1) is 15.3. The van der Waals surface area contributed by atoms with E-state index in [4.69, 9.17) is 4.74 Å². The van der Waals surface area contributed by atoms with Crippen molar-refractivity contribution in [1.29, 1.82) is 0 Å². The van der Waals surface area contributed by atoms with Crippen molar-refractivity contribution in [2.24, 2.45) is 0 Å². The summed E-state index contributed by atoms with van der Waals surface area (Å²) in [6, 6.07) is 5.04. The van der Waals surface area contributed by atoms with Crippen LogP contribution in [0.3, 0.4) is 0 Å². The lowest BCUT2D eigenvalue weighted by molar-refractivity contribution is -0.134. The third-order valence-corrected chi connectivity index (χ3v) is 3.47. The van der Waals surface area contributed by atoms with E-state index in [2.05, 4.69) is 10.3 Å². The van der Waals surface area contributed by atoms with Crippen LogP contribution in [-0.2, 0) is 16.1 Å². The maximum absolute atomic E-state index is 12.5. The summed E-state index contributed by atoms with van der Waals surface area (Å²) < 4.78 is 5.09. The van der Waals surface area contributed by atoms with Crippen molar-refractivity contribution >= 4 is 11.8 Å². The van der Waals surface area contributed by atoms with Crippen LogP contribution in [0.1, 0.15) is 31.9 Å². The molecule has 2 rings (SSSR count). The molecule has 2 amide bonds. The lowest BCUT2D eigenvalue weighted by Crippen LogP contribution is -2.44. The number of carbonyl (C=O) groups is 2. The van der Waals surface area contributed by atoms with Crippen molar-refractivity contribution in [2.45, 2.75) is 38.8 Å². The van der Waals surface area contributed by atoms with Gasteiger partial charge in [-0.1, -0.05) is 19.4 Å². The number of rotatable bonds is 5. The van der Waals surface area contributed by atoms with E-state index in [0.717, 1.165) is 12.1 Å². The van der Waals surface area contributed by atoms with Crippen LogP contribution in [0.25, 0.3) is 0 Å². The van der Waals surface area contributed by atoms with Crippen molar-refractivity contribution in [3.05, 3.63) is 23.9 Å². The minimum Gasteiger partial charge on any atom is -0.481 e. The number of methoxy groups -OCH3 is 1. The number of hydrogen-bond acceptors (Lipinski definition) is 4. The zero-order chi connectivity index (χ0) is 15.2. The van der Waals surface area contributed by atoms with Gasteiger partial charge in [0.25, 0.3) is 0 Å². The Kier molecular flexibility index (Phi) is 5.14.